The molecule has 0 fully saturated rings. The molecule has 44 heavy (non-hydrogen) atoms. The van der Waals surface area contributed by atoms with Crippen LogP contribution in [0.5, 0.6) is 11.5 Å². The van der Waals surface area contributed by atoms with Gasteiger partial charge >= 0.3 is 0 Å². The van der Waals surface area contributed by atoms with Crippen molar-refractivity contribution in [2.75, 3.05) is 0 Å². The molecule has 0 amide bonds. The normalized spacial score (nSPS) is 16.3. The molecule has 0 N–H and O–H groups in total. The van der Waals surface area contributed by atoms with Gasteiger partial charge in [0.1, 0.15) is 11.5 Å². The quantitative estimate of drug-likeness (QED) is 0.189. The molecule has 4 heteroatoms. The van der Waals surface area contributed by atoms with Crippen molar-refractivity contribution in [3.05, 3.63) is 168 Å². The van der Waals surface area contributed by atoms with E-state index in [1.807, 2.05) is 0 Å². The minimum absolute atomic E-state index is 0.0316. The van der Waals surface area contributed by atoms with Crippen molar-refractivity contribution in [2.24, 2.45) is 0 Å². The van der Waals surface area contributed by atoms with E-state index >= 15 is 0 Å². The van der Waals surface area contributed by atoms with Gasteiger partial charge in [0.15, 0.2) is 0 Å². The lowest BCUT2D eigenvalue weighted by Crippen LogP contribution is -2.26. The summed E-state index contributed by atoms with van der Waals surface area (Å²) in [6.45, 7) is 4.42. The van der Waals surface area contributed by atoms with E-state index < -0.39 is 15.8 Å². The first kappa shape index (κ1) is 27.3. The van der Waals surface area contributed by atoms with Crippen LogP contribution in [0.25, 0.3) is 0 Å². The van der Waals surface area contributed by atoms with Crippen LogP contribution >= 0.6 is 15.8 Å². The van der Waals surface area contributed by atoms with Crippen LogP contribution in [0.1, 0.15) is 28.2 Å². The van der Waals surface area contributed by atoms with Crippen molar-refractivity contribution in [3.63, 3.8) is 0 Å². The van der Waals surface area contributed by atoms with Gasteiger partial charge in [0, 0.05) is 21.7 Å². The van der Waals surface area contributed by atoms with Gasteiger partial charge in [0.25, 0.3) is 6.29 Å². The second-order valence-corrected chi connectivity index (χ2v) is 15.9. The number of aryl methyl sites for hydroxylation is 2. The Hall–Kier alpha value is -4.22. The van der Waals surface area contributed by atoms with Crippen LogP contribution < -0.4 is 41.3 Å². The van der Waals surface area contributed by atoms with Crippen LogP contribution in [-0.2, 0) is 0 Å². The highest BCUT2D eigenvalue weighted by Gasteiger charge is 2.47. The third-order valence-electron chi connectivity index (χ3n) is 8.43. The molecular formula is C40H32O2P2. The molecule has 0 radical (unpaired) electrons. The average molecular weight is 607 g/mol. The highest BCUT2D eigenvalue weighted by Crippen LogP contribution is 2.54. The van der Waals surface area contributed by atoms with Crippen molar-refractivity contribution in [1.82, 2.24) is 0 Å². The summed E-state index contributed by atoms with van der Waals surface area (Å²) >= 11 is 0. The average Bonchev–Trinajstić information content (AvgIpc) is 3.60. The Kier molecular flexibility index (Phi) is 7.06. The monoisotopic (exact) mass is 606 g/mol. The van der Waals surface area contributed by atoms with Crippen LogP contribution in [0, 0.1) is 13.8 Å². The highest BCUT2D eigenvalue weighted by atomic mass is 31.1. The maximum Gasteiger partial charge on any atom is 0.252 e. The Labute approximate surface area is 261 Å². The number of benzene rings is 6. The lowest BCUT2D eigenvalue weighted by molar-refractivity contribution is 0.0344. The van der Waals surface area contributed by atoms with Crippen LogP contribution in [0.15, 0.2) is 146 Å². The predicted molar refractivity (Wildman–Crippen MR) is 187 cm³/mol. The van der Waals surface area contributed by atoms with Gasteiger partial charge in [-0.25, -0.2) is 0 Å². The predicted octanol–water partition coefficient (Wildman–Crippen LogP) is 7.06. The van der Waals surface area contributed by atoms with Crippen LogP contribution in [-0.4, -0.2) is 6.29 Å². The largest absolute Gasteiger partial charge is 0.453 e. The van der Waals surface area contributed by atoms with Crippen LogP contribution in [0.3, 0.4) is 0 Å². The van der Waals surface area contributed by atoms with Crippen LogP contribution in [0.4, 0.5) is 0 Å². The van der Waals surface area contributed by atoms with E-state index in [4.69, 9.17) is 9.47 Å². The maximum absolute atomic E-state index is 6.91. The molecule has 0 atom stereocenters. The van der Waals surface area contributed by atoms with Gasteiger partial charge in [-0.1, -0.05) is 133 Å². The Morgan fingerprint density at radius 2 is 0.750 bits per heavy atom. The summed E-state index contributed by atoms with van der Waals surface area (Å²) in [5.41, 5.74) is 4.98. The topological polar surface area (TPSA) is 18.5 Å². The molecule has 2 aliphatic heterocycles. The molecular weight excluding hydrogens is 574 g/mol. The SMILES string of the molecule is Cc1cc2c(c(P(c3ccccc3)c3ccccc3)c1)OC1Oc3c(cc(C)cc3P(c3ccccc3)c3ccccc3)C21. The summed E-state index contributed by atoms with van der Waals surface area (Å²) in [6.07, 6.45) is -0.382. The Balaban J connectivity index is 1.29. The molecule has 0 saturated heterocycles. The number of rotatable bonds is 6. The second kappa shape index (κ2) is 11.4. The van der Waals surface area contributed by atoms with E-state index in [-0.39, 0.29) is 12.2 Å². The van der Waals surface area contributed by atoms with Crippen molar-refractivity contribution in [1.29, 1.82) is 0 Å². The van der Waals surface area contributed by atoms with E-state index in [1.165, 1.54) is 54.1 Å². The molecule has 2 nitrogen and oxygen atoms in total. The lowest BCUT2D eigenvalue weighted by Gasteiger charge is -2.24. The minimum Gasteiger partial charge on any atom is -0.453 e. The maximum atomic E-state index is 6.91. The molecule has 0 aliphatic carbocycles. The highest BCUT2D eigenvalue weighted by molar-refractivity contribution is 7.80. The molecule has 0 bridgehead atoms. The molecule has 0 unspecified atom stereocenters. The molecule has 2 aliphatic rings. The number of hydrogen-bond donors (Lipinski definition) is 0. The van der Waals surface area contributed by atoms with Crippen LogP contribution in [0.2, 0.25) is 0 Å². The summed E-state index contributed by atoms with van der Waals surface area (Å²) in [5, 5.41) is 7.79. The molecule has 8 rings (SSSR count). The smallest absolute Gasteiger partial charge is 0.252 e. The third kappa shape index (κ3) is 4.75. The first-order valence-electron chi connectivity index (χ1n) is 15.1. The van der Waals surface area contributed by atoms with Crippen molar-refractivity contribution >= 4 is 47.7 Å². The van der Waals surface area contributed by atoms with E-state index in [0.29, 0.717) is 0 Å². The molecule has 0 saturated carbocycles. The summed E-state index contributed by atoms with van der Waals surface area (Å²) in [6, 6.07) is 52.8. The first-order valence-corrected chi connectivity index (χ1v) is 17.8. The van der Waals surface area contributed by atoms with Gasteiger partial charge < -0.3 is 9.47 Å². The molecule has 214 valence electrons. The van der Waals surface area contributed by atoms with Gasteiger partial charge in [-0.15, -0.1) is 0 Å². The van der Waals surface area contributed by atoms with Gasteiger partial charge in [-0.3, -0.25) is 0 Å². The molecule has 0 spiro atoms. The molecule has 6 aromatic carbocycles. The Morgan fingerprint density at radius 1 is 0.432 bits per heavy atom. The second-order valence-electron chi connectivity index (χ2n) is 11.5. The first-order chi connectivity index (χ1) is 21.7. The number of fused-ring (bicyclic) bond motifs is 5. The van der Waals surface area contributed by atoms with E-state index in [1.54, 1.807) is 0 Å². The lowest BCUT2D eigenvalue weighted by atomic mass is 9.91. The summed E-state index contributed by atoms with van der Waals surface area (Å²) in [5.74, 6) is 2.02. The van der Waals surface area contributed by atoms with Gasteiger partial charge in [0.2, 0.25) is 0 Å². The Bertz CT molecular complexity index is 1720. The molecule has 0 aromatic heterocycles. The van der Waals surface area contributed by atoms with E-state index in [9.17, 15) is 0 Å². The fraction of sp³-hybridized carbons (Fsp3) is 0.100. The van der Waals surface area contributed by atoms with Gasteiger partial charge in [-0.2, -0.15) is 0 Å². The fourth-order valence-electron chi connectivity index (χ4n) is 6.63. The molecule has 2 heterocycles. The van der Waals surface area contributed by atoms with Gasteiger partial charge in [-0.05, 0) is 74.2 Å². The third-order valence-corrected chi connectivity index (χ3v) is 13.3. The molecule has 6 aromatic rings. The van der Waals surface area contributed by atoms with E-state index in [0.717, 1.165) is 11.5 Å². The van der Waals surface area contributed by atoms with Crippen molar-refractivity contribution in [2.45, 2.75) is 26.1 Å². The zero-order chi connectivity index (χ0) is 29.6. The fourth-order valence-corrected chi connectivity index (χ4v) is 11.7. The van der Waals surface area contributed by atoms with E-state index in [2.05, 4.69) is 159 Å². The summed E-state index contributed by atoms with van der Waals surface area (Å²) in [4.78, 5) is 0. The summed E-state index contributed by atoms with van der Waals surface area (Å²) < 4.78 is 13.8. The Morgan fingerprint density at radius 3 is 1.07 bits per heavy atom. The number of ether oxygens (including phenoxy) is 2. The van der Waals surface area contributed by atoms with Crippen molar-refractivity contribution < 1.29 is 9.47 Å². The van der Waals surface area contributed by atoms with Crippen molar-refractivity contribution in [3.8, 4) is 11.5 Å². The van der Waals surface area contributed by atoms with Gasteiger partial charge in [0.05, 0.1) is 5.92 Å². The summed E-state index contributed by atoms with van der Waals surface area (Å²) in [7, 11) is -1.62. The zero-order valence-electron chi connectivity index (χ0n) is 24.7. The minimum atomic E-state index is -0.812. The zero-order valence-corrected chi connectivity index (χ0v) is 26.5. The number of hydrogen-bond acceptors (Lipinski definition) is 2. The standard InChI is InChI=1S/C40H32O2P2/c1-27-23-33-37-34-24-28(2)26-36(44(31-19-11-5-12-20-31)32-21-13-6-14-22-32)39(34)42-40(37)41-38(33)35(25-27)43(29-15-7-3-8-16-29)30-17-9-4-10-18-30/h3-26,37,40H,1-2H3.